The van der Waals surface area contributed by atoms with Gasteiger partial charge in [0, 0.05) is 64.6 Å². The fourth-order valence-electron chi connectivity index (χ4n) is 4.90. The van der Waals surface area contributed by atoms with E-state index in [4.69, 9.17) is 5.73 Å². The summed E-state index contributed by atoms with van der Waals surface area (Å²) in [6.07, 6.45) is 1.17. The Labute approximate surface area is 278 Å². The number of aliphatic hydroxyl groups is 1. The van der Waals surface area contributed by atoms with E-state index in [1.54, 1.807) is 50.7 Å². The van der Waals surface area contributed by atoms with Crippen molar-refractivity contribution in [2.75, 3.05) is 95.9 Å². The molecule has 9 N–H and O–H groups in total. The number of hydrogen-bond donors (Lipinski definition) is 8. The summed E-state index contributed by atoms with van der Waals surface area (Å²) in [4.78, 5) is 65.8. The minimum Gasteiger partial charge on any atom is -0.480 e. The molecule has 47 heavy (non-hydrogen) atoms. The van der Waals surface area contributed by atoms with Crippen LogP contribution in [0.25, 0.3) is 0 Å². The van der Waals surface area contributed by atoms with Gasteiger partial charge in [-0.1, -0.05) is 12.1 Å². The lowest BCUT2D eigenvalue weighted by Crippen LogP contribution is -2.49. The van der Waals surface area contributed by atoms with Crippen molar-refractivity contribution in [3.63, 3.8) is 0 Å². The van der Waals surface area contributed by atoms with Gasteiger partial charge in [-0.3, -0.25) is 48.9 Å². The van der Waals surface area contributed by atoms with Crippen molar-refractivity contribution in [1.82, 2.24) is 30.2 Å². The normalized spacial score (nSPS) is 17.5. The zero-order valence-electron chi connectivity index (χ0n) is 26.7. The van der Waals surface area contributed by atoms with Crippen LogP contribution in [0, 0.1) is 0 Å². The number of carbonyl (C=O) groups is 5. The first kappa shape index (κ1) is 39.7. The van der Waals surface area contributed by atoms with Crippen LogP contribution in [0.15, 0.2) is 24.3 Å². The van der Waals surface area contributed by atoms with E-state index in [1.165, 1.54) is 0 Å². The highest BCUT2D eigenvalue weighted by molar-refractivity contribution is 7.98. The van der Waals surface area contributed by atoms with Crippen molar-refractivity contribution in [1.29, 1.82) is 0 Å². The van der Waals surface area contributed by atoms with Gasteiger partial charge >= 0.3 is 17.9 Å². The number of amides is 2. The summed E-state index contributed by atoms with van der Waals surface area (Å²) in [5.41, 5.74) is 6.78. The van der Waals surface area contributed by atoms with Crippen LogP contribution in [-0.4, -0.2) is 173 Å². The number of benzene rings is 1. The highest BCUT2D eigenvalue weighted by Crippen LogP contribution is 2.11. The molecule has 2 amide bonds. The Balaban J connectivity index is 1.98. The van der Waals surface area contributed by atoms with Gasteiger partial charge in [-0.2, -0.15) is 11.8 Å². The molecule has 1 saturated heterocycles. The van der Waals surface area contributed by atoms with Crippen LogP contribution in [-0.2, 0) is 30.5 Å². The van der Waals surface area contributed by atoms with E-state index < -0.39 is 36.2 Å². The minimum atomic E-state index is -1.21. The minimum absolute atomic E-state index is 0.00201. The lowest BCUT2D eigenvalue weighted by Gasteiger charge is -2.32. The fraction of sp³-hybridized carbons (Fsp3) is 0.621. The van der Waals surface area contributed by atoms with E-state index >= 15 is 0 Å². The number of primary amides is 1. The zero-order chi connectivity index (χ0) is 34.8. The molecule has 1 heterocycles. The van der Waals surface area contributed by atoms with Gasteiger partial charge in [0.1, 0.15) is 0 Å². The molecule has 0 radical (unpaired) electrons. The van der Waals surface area contributed by atoms with Gasteiger partial charge in [-0.05, 0) is 36.1 Å². The third-order valence-corrected chi connectivity index (χ3v) is 8.08. The maximum Gasteiger partial charge on any atom is 0.317 e. The maximum atomic E-state index is 12.9. The van der Waals surface area contributed by atoms with Crippen molar-refractivity contribution in [3.8, 4) is 0 Å². The molecule has 1 fully saturated rings. The zero-order valence-corrected chi connectivity index (χ0v) is 27.5. The third kappa shape index (κ3) is 17.3. The number of anilines is 1. The molecular weight excluding hydrogens is 636 g/mol. The van der Waals surface area contributed by atoms with Gasteiger partial charge in [0.2, 0.25) is 11.8 Å². The van der Waals surface area contributed by atoms with Crippen molar-refractivity contribution in [2.24, 2.45) is 5.73 Å². The van der Waals surface area contributed by atoms with Gasteiger partial charge < -0.3 is 36.8 Å². The van der Waals surface area contributed by atoms with E-state index in [0.717, 1.165) is 5.56 Å². The molecule has 2 atom stereocenters. The van der Waals surface area contributed by atoms with E-state index in [1.807, 2.05) is 11.2 Å². The predicted octanol–water partition coefficient (Wildman–Crippen LogP) is -2.34. The number of carbonyl (C=O) groups excluding carboxylic acids is 2. The van der Waals surface area contributed by atoms with Crippen LogP contribution in [0.2, 0.25) is 0 Å². The molecule has 1 aromatic carbocycles. The van der Waals surface area contributed by atoms with Crippen molar-refractivity contribution < 1.29 is 44.4 Å². The average molecular weight is 685 g/mol. The predicted molar refractivity (Wildman–Crippen MR) is 176 cm³/mol. The number of aliphatic carboxylic acids is 3. The lowest BCUT2D eigenvalue weighted by molar-refractivity contribution is -0.140. The van der Waals surface area contributed by atoms with E-state index in [9.17, 15) is 44.4 Å². The summed E-state index contributed by atoms with van der Waals surface area (Å²) in [6, 6.07) is 6.29. The summed E-state index contributed by atoms with van der Waals surface area (Å²) in [7, 11) is 0. The molecule has 0 bridgehead atoms. The van der Waals surface area contributed by atoms with E-state index in [0.29, 0.717) is 57.1 Å². The molecule has 1 aliphatic heterocycles. The van der Waals surface area contributed by atoms with Crippen molar-refractivity contribution >= 4 is 47.2 Å². The molecule has 0 aliphatic carbocycles. The number of nitrogens with one attached hydrogen (secondary N) is 3. The number of aliphatic hydroxyl groups excluding tert-OH is 1. The monoisotopic (exact) mass is 684 g/mol. The number of carboxylic acid groups (broad SMARTS) is 3. The molecule has 264 valence electrons. The van der Waals surface area contributed by atoms with Crippen LogP contribution >= 0.6 is 11.8 Å². The highest BCUT2D eigenvalue weighted by atomic mass is 32.2. The second-order valence-corrected chi connectivity index (χ2v) is 12.2. The van der Waals surface area contributed by atoms with Gasteiger partial charge in [0.05, 0.1) is 32.2 Å². The Morgan fingerprint density at radius 1 is 0.766 bits per heavy atom. The lowest BCUT2D eigenvalue weighted by atomic mass is 10.2. The second kappa shape index (κ2) is 21.4. The molecule has 1 unspecified atom stereocenters. The number of hydrogen-bond acceptors (Lipinski definition) is 13. The standard InChI is InChI=1S/C29H48N8O9S/c1-47-15-6-23(28(30)45)33-29(46)32-22-4-2-21(3-5-22)16-31-24(38)17-34-7-9-35(18-25(39)40)11-13-37(20-27(43)44)14-12-36(10-8-34)19-26(41)42/h2-5,23,29,32-33,46H,6-20H2,1H3,(H2,30,45)(H,31,38)(H,39,40)(H,41,42)(H,43,44)/t23-,29?/m0/s1. The number of rotatable bonds is 18. The van der Waals surface area contributed by atoms with Crippen LogP contribution in [0.1, 0.15) is 12.0 Å². The Morgan fingerprint density at radius 3 is 1.57 bits per heavy atom. The van der Waals surface area contributed by atoms with E-state index in [-0.39, 0.29) is 51.7 Å². The molecule has 1 aliphatic rings. The summed E-state index contributed by atoms with van der Waals surface area (Å²) in [6.45, 7) is 1.96. The second-order valence-electron chi connectivity index (χ2n) is 11.2. The summed E-state index contributed by atoms with van der Waals surface area (Å²) in [5.74, 6) is -3.20. The van der Waals surface area contributed by atoms with Crippen LogP contribution in [0.4, 0.5) is 5.69 Å². The van der Waals surface area contributed by atoms with Crippen LogP contribution < -0.4 is 21.7 Å². The van der Waals surface area contributed by atoms with Gasteiger partial charge in [-0.25, -0.2) is 0 Å². The smallest absolute Gasteiger partial charge is 0.317 e. The van der Waals surface area contributed by atoms with E-state index in [2.05, 4.69) is 16.0 Å². The largest absolute Gasteiger partial charge is 0.480 e. The number of thioether (sulfide) groups is 1. The summed E-state index contributed by atoms with van der Waals surface area (Å²) >= 11 is 1.56. The number of nitrogens with two attached hydrogens (primary N) is 1. The molecule has 18 heteroatoms. The Morgan fingerprint density at radius 2 is 1.19 bits per heavy atom. The summed E-state index contributed by atoms with van der Waals surface area (Å²) < 4.78 is 0. The molecule has 2 rings (SSSR count). The first-order valence-corrected chi connectivity index (χ1v) is 16.6. The van der Waals surface area contributed by atoms with Gasteiger partial charge in [0.25, 0.3) is 0 Å². The quantitative estimate of drug-likeness (QED) is 0.0756. The maximum absolute atomic E-state index is 12.9. The van der Waals surface area contributed by atoms with Crippen molar-refractivity contribution in [2.45, 2.75) is 25.4 Å². The third-order valence-electron chi connectivity index (χ3n) is 7.43. The number of carboxylic acids is 3. The fourth-order valence-corrected chi connectivity index (χ4v) is 5.37. The average Bonchev–Trinajstić information content (AvgIpc) is 2.99. The molecule has 0 spiro atoms. The number of nitrogens with zero attached hydrogens (tertiary/aromatic N) is 4. The first-order chi connectivity index (χ1) is 22.3. The van der Waals surface area contributed by atoms with Crippen LogP contribution in [0.3, 0.4) is 0 Å². The van der Waals surface area contributed by atoms with Crippen molar-refractivity contribution in [3.05, 3.63) is 29.8 Å². The molecular formula is C29H48N8O9S. The molecule has 17 nitrogen and oxygen atoms in total. The topological polar surface area (TPSA) is 241 Å². The Hall–Kier alpha value is -3.52. The Bertz CT molecular complexity index is 1130. The van der Waals surface area contributed by atoms with Crippen LogP contribution in [0.5, 0.6) is 0 Å². The molecule has 0 aromatic heterocycles. The highest BCUT2D eigenvalue weighted by Gasteiger charge is 2.21. The molecule has 1 aromatic rings. The van der Waals surface area contributed by atoms with Gasteiger partial charge in [0.15, 0.2) is 6.35 Å². The molecule has 0 saturated carbocycles. The Kier molecular flexibility index (Phi) is 18.0. The SMILES string of the molecule is CSCC[C@H](NC(O)Nc1ccc(CNC(=O)CN2CCN(CC(=O)O)CCN(CC(=O)O)CCN(CC(=O)O)CC2)cc1)C(N)=O. The summed E-state index contributed by atoms with van der Waals surface area (Å²) in [5, 5.41) is 46.8. The first-order valence-electron chi connectivity index (χ1n) is 15.2. The van der Waals surface area contributed by atoms with Gasteiger partial charge in [-0.15, -0.1) is 0 Å².